The van der Waals surface area contributed by atoms with Gasteiger partial charge in [0.2, 0.25) is 0 Å². The van der Waals surface area contributed by atoms with Gasteiger partial charge in [-0.25, -0.2) is 4.39 Å². The first-order valence-electron chi connectivity index (χ1n) is 8.58. The van der Waals surface area contributed by atoms with Crippen molar-refractivity contribution in [2.24, 2.45) is 0 Å². The van der Waals surface area contributed by atoms with Gasteiger partial charge in [-0.1, -0.05) is 42.8 Å². The van der Waals surface area contributed by atoms with E-state index in [4.69, 9.17) is 4.74 Å². The highest BCUT2D eigenvalue weighted by atomic mass is 19.1. The summed E-state index contributed by atoms with van der Waals surface area (Å²) in [6, 6.07) is 17.4. The summed E-state index contributed by atoms with van der Waals surface area (Å²) < 4.78 is 20.4. The van der Waals surface area contributed by atoms with Crippen LogP contribution in [0.3, 0.4) is 0 Å². The predicted octanol–water partition coefficient (Wildman–Crippen LogP) is 5.48. The summed E-state index contributed by atoms with van der Waals surface area (Å²) in [5.74, 6) is 0.810. The molecule has 0 saturated heterocycles. The molecule has 0 N–H and O–H groups in total. The van der Waals surface area contributed by atoms with E-state index in [2.05, 4.69) is 29.2 Å². The highest BCUT2D eigenvalue weighted by molar-refractivity contribution is 5.85. The molecule has 0 bridgehead atoms. The molecule has 0 aliphatic heterocycles. The van der Waals surface area contributed by atoms with Gasteiger partial charge < -0.3 is 4.74 Å². The number of rotatable bonds is 3. The van der Waals surface area contributed by atoms with Crippen molar-refractivity contribution < 1.29 is 9.13 Å². The van der Waals surface area contributed by atoms with Gasteiger partial charge in [-0.15, -0.1) is 0 Å². The number of halogens is 1. The van der Waals surface area contributed by atoms with E-state index in [-0.39, 0.29) is 11.9 Å². The number of pyridine rings is 1. The van der Waals surface area contributed by atoms with Crippen LogP contribution in [0, 0.1) is 5.82 Å². The maximum Gasteiger partial charge on any atom is 0.149 e. The molecule has 24 heavy (non-hydrogen) atoms. The second-order valence-electron chi connectivity index (χ2n) is 6.40. The van der Waals surface area contributed by atoms with Crippen molar-refractivity contribution in [3.63, 3.8) is 0 Å². The minimum Gasteiger partial charge on any atom is -0.489 e. The molecule has 2 unspecified atom stereocenters. The number of aromatic nitrogens is 1. The van der Waals surface area contributed by atoms with Gasteiger partial charge >= 0.3 is 0 Å². The molecule has 1 saturated carbocycles. The molecule has 1 aliphatic carbocycles. The quantitative estimate of drug-likeness (QED) is 0.637. The van der Waals surface area contributed by atoms with Crippen LogP contribution in [0.5, 0.6) is 5.75 Å². The van der Waals surface area contributed by atoms with Crippen LogP contribution in [0.1, 0.15) is 37.2 Å². The van der Waals surface area contributed by atoms with E-state index in [1.807, 2.05) is 18.2 Å². The van der Waals surface area contributed by atoms with Crippen LogP contribution >= 0.6 is 0 Å². The van der Waals surface area contributed by atoms with Crippen molar-refractivity contribution >= 4 is 10.9 Å². The van der Waals surface area contributed by atoms with Crippen LogP contribution in [0.15, 0.2) is 60.8 Å². The maximum absolute atomic E-state index is 14.0. The monoisotopic (exact) mass is 321 g/mol. The molecule has 2 nitrogen and oxygen atoms in total. The maximum atomic E-state index is 14.0. The predicted molar refractivity (Wildman–Crippen MR) is 93.8 cm³/mol. The van der Waals surface area contributed by atoms with Gasteiger partial charge in [0.25, 0.3) is 0 Å². The van der Waals surface area contributed by atoms with Crippen LogP contribution in [0.25, 0.3) is 10.9 Å². The Morgan fingerprint density at radius 1 is 0.917 bits per heavy atom. The van der Waals surface area contributed by atoms with Crippen LogP contribution in [0.4, 0.5) is 4.39 Å². The molecule has 1 fully saturated rings. The second kappa shape index (κ2) is 6.60. The smallest absolute Gasteiger partial charge is 0.149 e. The summed E-state index contributed by atoms with van der Waals surface area (Å²) in [5.41, 5.74) is 1.70. The minimum absolute atomic E-state index is 0.120. The average Bonchev–Trinajstić information content (AvgIpc) is 2.64. The highest BCUT2D eigenvalue weighted by Crippen LogP contribution is 2.37. The van der Waals surface area contributed by atoms with Crippen molar-refractivity contribution in [1.29, 1.82) is 0 Å². The normalized spacial score (nSPS) is 20.9. The first-order valence-corrected chi connectivity index (χ1v) is 8.58. The zero-order valence-corrected chi connectivity index (χ0v) is 13.5. The third-order valence-electron chi connectivity index (χ3n) is 4.89. The van der Waals surface area contributed by atoms with Gasteiger partial charge in [0.1, 0.15) is 23.2 Å². The molecule has 1 aromatic heterocycles. The van der Waals surface area contributed by atoms with Crippen LogP contribution in [0.2, 0.25) is 0 Å². The number of ether oxygens (including phenoxy) is 1. The lowest BCUT2D eigenvalue weighted by atomic mass is 9.81. The van der Waals surface area contributed by atoms with Gasteiger partial charge in [-0.05, 0) is 43.0 Å². The van der Waals surface area contributed by atoms with E-state index in [0.717, 1.165) is 24.0 Å². The number of para-hydroxylation sites is 1. The van der Waals surface area contributed by atoms with E-state index >= 15 is 0 Å². The molecule has 4 rings (SSSR count). The first-order chi connectivity index (χ1) is 11.8. The molecule has 0 radical (unpaired) electrons. The molecule has 1 heterocycles. The minimum atomic E-state index is -0.304. The largest absolute Gasteiger partial charge is 0.489 e. The van der Waals surface area contributed by atoms with Crippen molar-refractivity contribution in [2.45, 2.75) is 37.7 Å². The van der Waals surface area contributed by atoms with E-state index in [1.54, 1.807) is 12.3 Å². The summed E-state index contributed by atoms with van der Waals surface area (Å²) >= 11 is 0. The van der Waals surface area contributed by atoms with E-state index in [9.17, 15) is 4.39 Å². The molecule has 3 aromatic rings. The summed E-state index contributed by atoms with van der Waals surface area (Å²) in [5, 5.41) is 0.745. The summed E-state index contributed by atoms with van der Waals surface area (Å²) in [6.45, 7) is 0. The van der Waals surface area contributed by atoms with E-state index < -0.39 is 0 Å². The van der Waals surface area contributed by atoms with Crippen LogP contribution in [-0.4, -0.2) is 11.1 Å². The van der Waals surface area contributed by atoms with Crippen molar-refractivity contribution in [3.8, 4) is 5.75 Å². The Morgan fingerprint density at radius 2 is 1.75 bits per heavy atom. The second-order valence-corrected chi connectivity index (χ2v) is 6.40. The topological polar surface area (TPSA) is 22.1 Å². The van der Waals surface area contributed by atoms with Gasteiger partial charge in [-0.3, -0.25) is 4.98 Å². The Hall–Kier alpha value is -2.42. The summed E-state index contributed by atoms with van der Waals surface area (Å²) in [7, 11) is 0. The third kappa shape index (κ3) is 2.86. The fourth-order valence-electron chi connectivity index (χ4n) is 3.70. The lowest BCUT2D eigenvalue weighted by Crippen LogP contribution is -2.28. The molecular weight excluding hydrogens is 301 g/mol. The van der Waals surface area contributed by atoms with Crippen molar-refractivity contribution in [1.82, 2.24) is 4.98 Å². The van der Waals surface area contributed by atoms with Gasteiger partial charge in [0.05, 0.1) is 0 Å². The Bertz CT molecular complexity index is 834. The number of fused-ring (bicyclic) bond motifs is 1. The highest BCUT2D eigenvalue weighted by Gasteiger charge is 2.28. The molecule has 0 spiro atoms. The molecule has 1 aliphatic rings. The van der Waals surface area contributed by atoms with E-state index in [0.29, 0.717) is 11.4 Å². The summed E-state index contributed by atoms with van der Waals surface area (Å²) in [4.78, 5) is 4.16. The molecule has 2 aromatic carbocycles. The molecule has 3 heteroatoms. The fraction of sp³-hybridized carbons (Fsp3) is 0.286. The number of hydrogen-bond donors (Lipinski definition) is 0. The zero-order chi connectivity index (χ0) is 16.4. The molecule has 122 valence electrons. The van der Waals surface area contributed by atoms with Gasteiger partial charge in [0, 0.05) is 17.5 Å². The lowest BCUT2D eigenvalue weighted by molar-refractivity contribution is 0.132. The molecule has 0 amide bonds. The van der Waals surface area contributed by atoms with Crippen molar-refractivity contribution in [2.75, 3.05) is 0 Å². The van der Waals surface area contributed by atoms with Gasteiger partial charge in [-0.2, -0.15) is 0 Å². The zero-order valence-electron chi connectivity index (χ0n) is 13.5. The Morgan fingerprint density at radius 3 is 2.62 bits per heavy atom. The standard InChI is InChI=1S/C21H20FNO/c22-18-11-6-10-17-20(13-14-23-21(17)18)24-19-12-5-4-9-16(19)15-7-2-1-3-8-15/h1-3,6-8,10-11,13-14,16,19H,4-5,9,12H2. The van der Waals surface area contributed by atoms with E-state index in [1.165, 1.54) is 24.5 Å². The Balaban J connectivity index is 1.67. The SMILES string of the molecule is Fc1cccc2c(OC3CCCCC3c3ccccc3)ccnc12. The van der Waals surface area contributed by atoms with Crippen LogP contribution < -0.4 is 4.74 Å². The third-order valence-corrected chi connectivity index (χ3v) is 4.89. The van der Waals surface area contributed by atoms with Crippen molar-refractivity contribution in [3.05, 3.63) is 72.2 Å². The summed E-state index contributed by atoms with van der Waals surface area (Å²) in [6.07, 6.45) is 6.30. The van der Waals surface area contributed by atoms with Gasteiger partial charge in [0.15, 0.2) is 0 Å². The molecule has 2 atom stereocenters. The Kier molecular flexibility index (Phi) is 4.16. The Labute approximate surface area is 141 Å². The lowest BCUT2D eigenvalue weighted by Gasteiger charge is -2.32. The van der Waals surface area contributed by atoms with Crippen LogP contribution in [-0.2, 0) is 0 Å². The number of nitrogens with zero attached hydrogens (tertiary/aromatic N) is 1. The molecular formula is C21H20FNO. The number of benzene rings is 2. The average molecular weight is 321 g/mol. The fourth-order valence-corrected chi connectivity index (χ4v) is 3.70. The number of hydrogen-bond acceptors (Lipinski definition) is 2. The first kappa shape index (κ1) is 15.1.